The molecule has 0 spiro atoms. The van der Waals surface area contributed by atoms with E-state index in [-0.39, 0.29) is 25.1 Å². The van der Waals surface area contributed by atoms with Crippen LogP contribution in [-0.4, -0.2) is 58.8 Å². The van der Waals surface area contributed by atoms with Gasteiger partial charge in [-0.15, -0.1) is 0 Å². The molecule has 0 radical (unpaired) electrons. The largest absolute Gasteiger partial charge is 0.450 e. The predicted molar refractivity (Wildman–Crippen MR) is 117 cm³/mol. The zero-order valence-corrected chi connectivity index (χ0v) is 22.2. The highest BCUT2D eigenvalue weighted by atomic mass is 32.2. The summed E-state index contributed by atoms with van der Waals surface area (Å²) < 4.78 is 201. The Morgan fingerprint density at radius 1 is 0.775 bits per heavy atom. The smallest absolute Gasteiger partial charge is 0.430 e. The van der Waals surface area contributed by atoms with E-state index in [1.54, 1.807) is 0 Å². The first-order chi connectivity index (χ1) is 17.7. The molecule has 0 saturated heterocycles. The van der Waals surface area contributed by atoms with Crippen LogP contribution in [0.15, 0.2) is 52.3 Å². The Morgan fingerprint density at radius 2 is 1.23 bits per heavy atom. The van der Waals surface area contributed by atoms with E-state index in [1.165, 1.54) is 0 Å². The number of halogens is 8. The molecule has 0 heterocycles. The lowest BCUT2D eigenvalue weighted by Crippen LogP contribution is -2.60. The van der Waals surface area contributed by atoms with Crippen molar-refractivity contribution in [3.8, 4) is 5.75 Å². The number of benzene rings is 2. The highest BCUT2D eigenvalue weighted by Crippen LogP contribution is 2.46. The number of sulfonamides is 1. The number of hydrogen-bond acceptors (Lipinski definition) is 8. The second kappa shape index (κ2) is 10.7. The minimum Gasteiger partial charge on any atom is -0.450 e. The molecule has 21 heteroatoms. The van der Waals surface area contributed by atoms with Gasteiger partial charge in [0.2, 0.25) is 0 Å². The molecule has 0 fully saturated rings. The van der Waals surface area contributed by atoms with Gasteiger partial charge in [0.1, 0.15) is 23.3 Å². The lowest BCUT2D eigenvalue weighted by atomic mass is 10.3. The number of ether oxygens (including phenoxy) is 2. The fourth-order valence-corrected chi connectivity index (χ4v) is 5.63. The molecule has 2 aromatic carbocycles. The van der Waals surface area contributed by atoms with Crippen LogP contribution in [-0.2, 0) is 34.7 Å². The second-order valence-electron chi connectivity index (χ2n) is 8.03. The summed E-state index contributed by atoms with van der Waals surface area (Å²) in [6, 6.07) is 2.77. The molecule has 0 amide bonds. The van der Waals surface area contributed by atoms with E-state index in [0.29, 0.717) is 24.3 Å². The molecular weight excluding hydrogens is 634 g/mol. The van der Waals surface area contributed by atoms with Crippen molar-refractivity contribution in [2.75, 3.05) is 5.88 Å². The van der Waals surface area contributed by atoms with Gasteiger partial charge in [-0.3, -0.25) is 4.55 Å². The molecule has 0 bridgehead atoms. The molecule has 40 heavy (non-hydrogen) atoms. The quantitative estimate of drug-likeness (QED) is 0.259. The maximum Gasteiger partial charge on any atom is 0.430 e. The minimum atomic E-state index is -6.28. The molecule has 0 aliphatic rings. The van der Waals surface area contributed by atoms with Crippen LogP contribution in [0, 0.1) is 11.6 Å². The van der Waals surface area contributed by atoms with E-state index in [0.717, 1.165) is 4.72 Å². The normalized spacial score (nSPS) is 16.7. The van der Waals surface area contributed by atoms with Crippen LogP contribution in [0.2, 0.25) is 0 Å². The Labute approximate surface area is 221 Å². The standard InChI is InChI=1S/C19H17F8NO9S3/c1-16(22,36-13-8-11(20)7-12(21)9-13)18(24,25)37-19(26,27)17(2,23)40(34,35)28-10-38(29,30)14-3-5-15(6-4-14)39(31,32)33/h3-9,28H,10H2,1-2H3,(H,31,32,33). The first kappa shape index (κ1) is 33.6. The van der Waals surface area contributed by atoms with Crippen molar-refractivity contribution in [2.24, 2.45) is 0 Å². The summed E-state index contributed by atoms with van der Waals surface area (Å²) in [7, 11) is -15.9. The number of hydrogen-bond donors (Lipinski definition) is 2. The van der Waals surface area contributed by atoms with Crippen LogP contribution in [0.25, 0.3) is 0 Å². The molecular formula is C19H17F8NO9S3. The zero-order valence-electron chi connectivity index (χ0n) is 19.7. The third-order valence-electron chi connectivity index (χ3n) is 4.87. The molecule has 226 valence electrons. The van der Waals surface area contributed by atoms with Gasteiger partial charge in [0.15, 0.2) is 9.84 Å². The SMILES string of the molecule is CC(F)(Oc1cc(F)cc(F)c1)C(F)(F)OC(F)(F)C(C)(F)S(=O)(=O)NCS(=O)(=O)c1ccc(S(=O)(=O)O)cc1. The number of nitrogens with one attached hydrogen (secondary N) is 1. The van der Waals surface area contributed by atoms with E-state index in [1.807, 2.05) is 0 Å². The highest BCUT2D eigenvalue weighted by molar-refractivity contribution is 7.94. The number of rotatable bonds is 12. The van der Waals surface area contributed by atoms with Gasteiger partial charge < -0.3 is 4.74 Å². The van der Waals surface area contributed by atoms with Crippen molar-refractivity contribution >= 4 is 30.0 Å². The maximum absolute atomic E-state index is 14.8. The lowest BCUT2D eigenvalue weighted by molar-refractivity contribution is -0.447. The predicted octanol–water partition coefficient (Wildman–Crippen LogP) is 3.51. The Bertz CT molecular complexity index is 1560. The first-order valence-corrected chi connectivity index (χ1v) is 14.6. The van der Waals surface area contributed by atoms with Crippen molar-refractivity contribution in [2.45, 2.75) is 46.7 Å². The summed E-state index contributed by atoms with van der Waals surface area (Å²) in [5.74, 6) is -10.8. The summed E-state index contributed by atoms with van der Waals surface area (Å²) >= 11 is 0. The lowest BCUT2D eigenvalue weighted by Gasteiger charge is -2.36. The van der Waals surface area contributed by atoms with Crippen LogP contribution in [0.3, 0.4) is 0 Å². The molecule has 0 aliphatic carbocycles. The van der Waals surface area contributed by atoms with E-state index in [2.05, 4.69) is 9.47 Å². The van der Waals surface area contributed by atoms with E-state index in [4.69, 9.17) is 4.55 Å². The van der Waals surface area contributed by atoms with Crippen molar-refractivity contribution in [1.82, 2.24) is 4.72 Å². The third kappa shape index (κ3) is 7.18. The fraction of sp³-hybridized carbons (Fsp3) is 0.368. The minimum absolute atomic E-state index is 0.166. The summed E-state index contributed by atoms with van der Waals surface area (Å²) in [6.45, 7) is -0.800. The van der Waals surface area contributed by atoms with Crippen LogP contribution in [0.4, 0.5) is 35.1 Å². The van der Waals surface area contributed by atoms with Crippen molar-refractivity contribution in [1.29, 1.82) is 0 Å². The van der Waals surface area contributed by atoms with Crippen LogP contribution in [0.1, 0.15) is 13.8 Å². The molecule has 0 saturated carbocycles. The fourth-order valence-electron chi connectivity index (χ4n) is 2.56. The second-order valence-corrected chi connectivity index (χ2v) is 13.5. The molecule has 0 aromatic heterocycles. The Kier molecular flexibility index (Phi) is 8.97. The van der Waals surface area contributed by atoms with Crippen molar-refractivity contribution in [3.05, 3.63) is 54.1 Å². The van der Waals surface area contributed by atoms with Gasteiger partial charge in [-0.25, -0.2) is 34.7 Å². The molecule has 2 N–H and O–H groups in total. The van der Waals surface area contributed by atoms with Crippen molar-refractivity contribution in [3.63, 3.8) is 0 Å². The van der Waals surface area contributed by atoms with Gasteiger partial charge in [0, 0.05) is 25.1 Å². The molecule has 2 atom stereocenters. The van der Waals surface area contributed by atoms with Gasteiger partial charge in [-0.1, -0.05) is 0 Å². The summed E-state index contributed by atoms with van der Waals surface area (Å²) in [5.41, 5.74) is 0. The van der Waals surface area contributed by atoms with Gasteiger partial charge >= 0.3 is 23.1 Å². The monoisotopic (exact) mass is 651 g/mol. The van der Waals surface area contributed by atoms with E-state index >= 15 is 0 Å². The van der Waals surface area contributed by atoms with Gasteiger partial charge in [-0.05, 0) is 31.2 Å². The van der Waals surface area contributed by atoms with Crippen LogP contribution >= 0.6 is 0 Å². The van der Waals surface area contributed by atoms with E-state index < -0.39 is 93.0 Å². The molecule has 2 aromatic rings. The third-order valence-corrected chi connectivity index (χ3v) is 9.20. The molecule has 10 nitrogen and oxygen atoms in total. The number of alkyl halides is 6. The van der Waals surface area contributed by atoms with E-state index in [9.17, 15) is 60.4 Å². The van der Waals surface area contributed by atoms with Gasteiger partial charge in [-0.2, -0.15) is 35.1 Å². The number of sulfone groups is 1. The molecule has 0 aliphatic heterocycles. The Morgan fingerprint density at radius 3 is 1.68 bits per heavy atom. The first-order valence-electron chi connectivity index (χ1n) is 10.0. The van der Waals surface area contributed by atoms with Gasteiger partial charge in [0.25, 0.3) is 20.1 Å². The van der Waals surface area contributed by atoms with Crippen molar-refractivity contribution < 1.29 is 74.4 Å². The Hall–Kier alpha value is -2.59. The average molecular weight is 652 g/mol. The van der Waals surface area contributed by atoms with Gasteiger partial charge in [0.05, 0.1) is 9.79 Å². The summed E-state index contributed by atoms with van der Waals surface area (Å²) in [6.07, 6.45) is -12.1. The van der Waals surface area contributed by atoms with Crippen LogP contribution < -0.4 is 9.46 Å². The topological polar surface area (TPSA) is 153 Å². The zero-order chi connectivity index (χ0) is 31.2. The Balaban J connectivity index is 2.26. The molecule has 2 rings (SSSR count). The highest BCUT2D eigenvalue weighted by Gasteiger charge is 2.70. The summed E-state index contributed by atoms with van der Waals surface area (Å²) in [5, 5.41) is -5.23. The summed E-state index contributed by atoms with van der Waals surface area (Å²) in [4.78, 5) is -1.63. The average Bonchev–Trinajstić information content (AvgIpc) is 2.75. The van der Waals surface area contributed by atoms with Crippen LogP contribution in [0.5, 0.6) is 5.75 Å². The maximum atomic E-state index is 14.8. The molecule has 2 unspecified atom stereocenters.